The molecule has 21 heavy (non-hydrogen) atoms. The molecule has 0 aliphatic heterocycles. The van der Waals surface area contributed by atoms with Crippen LogP contribution in [0.1, 0.15) is 28.1 Å². The van der Waals surface area contributed by atoms with Crippen molar-refractivity contribution in [3.8, 4) is 5.75 Å². The minimum Gasteiger partial charge on any atom is -0.481 e. The van der Waals surface area contributed by atoms with Crippen molar-refractivity contribution >= 4 is 17.2 Å². The average molecular weight is 304 g/mol. The molecule has 1 aromatic heterocycles. The Morgan fingerprint density at radius 1 is 1.38 bits per heavy atom. The van der Waals surface area contributed by atoms with Gasteiger partial charge < -0.3 is 10.1 Å². The number of hydrogen-bond acceptors (Lipinski definition) is 4. The van der Waals surface area contributed by atoms with E-state index in [2.05, 4.69) is 10.3 Å². The van der Waals surface area contributed by atoms with Crippen LogP contribution in [0.3, 0.4) is 0 Å². The van der Waals surface area contributed by atoms with Crippen molar-refractivity contribution in [1.29, 1.82) is 0 Å². The lowest BCUT2D eigenvalue weighted by Crippen LogP contribution is -2.35. The van der Waals surface area contributed by atoms with Crippen molar-refractivity contribution < 1.29 is 9.53 Å². The van der Waals surface area contributed by atoms with Crippen molar-refractivity contribution in [3.63, 3.8) is 0 Å². The van der Waals surface area contributed by atoms with Gasteiger partial charge in [0.1, 0.15) is 5.75 Å². The second kappa shape index (κ2) is 6.72. The molecule has 0 aliphatic carbocycles. The van der Waals surface area contributed by atoms with E-state index in [1.807, 2.05) is 45.0 Å². The molecule has 1 N–H and O–H groups in total. The summed E-state index contributed by atoms with van der Waals surface area (Å²) in [5.41, 5.74) is 2.08. The van der Waals surface area contributed by atoms with Gasteiger partial charge in [-0.25, -0.2) is 4.98 Å². The number of carbonyl (C=O) groups excluding carboxylic acids is 1. The Labute approximate surface area is 129 Å². The van der Waals surface area contributed by atoms with Crippen molar-refractivity contribution in [2.75, 3.05) is 0 Å². The summed E-state index contributed by atoms with van der Waals surface area (Å²) >= 11 is 1.61. The van der Waals surface area contributed by atoms with E-state index < -0.39 is 6.10 Å². The SMILES string of the molecule is Cc1cccc(OC(C)C(=O)NCc2sc(C)nc2C)c1. The molecule has 4 nitrogen and oxygen atoms in total. The van der Waals surface area contributed by atoms with Gasteiger partial charge in [-0.3, -0.25) is 4.79 Å². The largest absolute Gasteiger partial charge is 0.481 e. The van der Waals surface area contributed by atoms with Crippen molar-refractivity contribution in [1.82, 2.24) is 10.3 Å². The molecule has 1 aromatic carbocycles. The Kier molecular flexibility index (Phi) is 4.96. The van der Waals surface area contributed by atoms with E-state index in [1.54, 1.807) is 18.3 Å². The molecule has 1 atom stereocenters. The lowest BCUT2D eigenvalue weighted by Gasteiger charge is -2.14. The zero-order chi connectivity index (χ0) is 15.4. The average Bonchev–Trinajstić information content (AvgIpc) is 2.74. The maximum Gasteiger partial charge on any atom is 0.261 e. The molecule has 2 aromatic rings. The lowest BCUT2D eigenvalue weighted by atomic mass is 10.2. The van der Waals surface area contributed by atoms with Crippen LogP contribution < -0.4 is 10.1 Å². The quantitative estimate of drug-likeness (QED) is 0.923. The van der Waals surface area contributed by atoms with E-state index in [0.29, 0.717) is 12.3 Å². The molecule has 1 unspecified atom stereocenters. The van der Waals surface area contributed by atoms with Crippen LogP contribution in [-0.2, 0) is 11.3 Å². The number of aromatic nitrogens is 1. The summed E-state index contributed by atoms with van der Waals surface area (Å²) in [5, 5.41) is 3.91. The molecule has 0 aliphatic rings. The Bertz CT molecular complexity index is 637. The molecule has 0 spiro atoms. The molecule has 5 heteroatoms. The zero-order valence-corrected chi connectivity index (χ0v) is 13.6. The first kappa shape index (κ1) is 15.5. The maximum atomic E-state index is 12.1. The third-order valence-corrected chi connectivity index (χ3v) is 4.17. The first-order chi connectivity index (χ1) is 9.95. The van der Waals surface area contributed by atoms with E-state index in [1.165, 1.54) is 0 Å². The number of amides is 1. The first-order valence-electron chi connectivity index (χ1n) is 6.89. The summed E-state index contributed by atoms with van der Waals surface area (Å²) in [5.74, 6) is 0.587. The standard InChI is InChI=1S/C16H20N2O2S/c1-10-6-5-7-14(8-10)20-12(3)16(19)17-9-15-11(2)18-13(4)21-15/h5-8,12H,9H2,1-4H3,(H,17,19). The number of hydrogen-bond donors (Lipinski definition) is 1. The number of thiazole rings is 1. The summed E-state index contributed by atoms with van der Waals surface area (Å²) < 4.78 is 5.66. The van der Waals surface area contributed by atoms with Gasteiger partial charge in [0, 0.05) is 4.88 Å². The van der Waals surface area contributed by atoms with E-state index in [4.69, 9.17) is 4.74 Å². The second-order valence-corrected chi connectivity index (χ2v) is 6.32. The van der Waals surface area contributed by atoms with Crippen molar-refractivity contribution in [3.05, 3.63) is 45.4 Å². The third-order valence-electron chi connectivity index (χ3n) is 3.09. The summed E-state index contributed by atoms with van der Waals surface area (Å²) in [4.78, 5) is 17.5. The van der Waals surface area contributed by atoms with Gasteiger partial charge in [-0.1, -0.05) is 12.1 Å². The summed E-state index contributed by atoms with van der Waals surface area (Å²) in [6, 6.07) is 7.68. The van der Waals surface area contributed by atoms with Crippen LogP contribution in [0.5, 0.6) is 5.75 Å². The summed E-state index contributed by atoms with van der Waals surface area (Å²) in [6.07, 6.45) is -0.527. The number of benzene rings is 1. The van der Waals surface area contributed by atoms with Crippen LogP contribution in [-0.4, -0.2) is 17.0 Å². The maximum absolute atomic E-state index is 12.1. The molecule has 112 valence electrons. The van der Waals surface area contributed by atoms with Crippen LogP contribution in [0, 0.1) is 20.8 Å². The van der Waals surface area contributed by atoms with Crippen molar-refractivity contribution in [2.24, 2.45) is 0 Å². The van der Waals surface area contributed by atoms with Gasteiger partial charge in [0.05, 0.1) is 17.2 Å². The van der Waals surface area contributed by atoms with Gasteiger partial charge in [-0.15, -0.1) is 11.3 Å². The molecule has 2 rings (SSSR count). The summed E-state index contributed by atoms with van der Waals surface area (Å²) in [7, 11) is 0. The molecule has 0 bridgehead atoms. The lowest BCUT2D eigenvalue weighted by molar-refractivity contribution is -0.127. The Morgan fingerprint density at radius 3 is 2.76 bits per heavy atom. The molecular weight excluding hydrogens is 284 g/mol. The fourth-order valence-electron chi connectivity index (χ4n) is 1.99. The Balaban J connectivity index is 1.89. The highest BCUT2D eigenvalue weighted by Crippen LogP contribution is 2.17. The van der Waals surface area contributed by atoms with Gasteiger partial charge >= 0.3 is 0 Å². The predicted molar refractivity (Wildman–Crippen MR) is 84.7 cm³/mol. The molecule has 0 radical (unpaired) electrons. The fraction of sp³-hybridized carbons (Fsp3) is 0.375. The van der Waals surface area contributed by atoms with Crippen LogP contribution in [0.2, 0.25) is 0 Å². The van der Waals surface area contributed by atoms with Gasteiger partial charge in [0.2, 0.25) is 0 Å². The number of aryl methyl sites for hydroxylation is 3. The number of nitrogens with zero attached hydrogens (tertiary/aromatic N) is 1. The van der Waals surface area contributed by atoms with Gasteiger partial charge in [-0.05, 0) is 45.4 Å². The molecular formula is C16H20N2O2S. The number of rotatable bonds is 5. The second-order valence-electron chi connectivity index (χ2n) is 5.04. The number of carbonyl (C=O) groups is 1. The highest BCUT2D eigenvalue weighted by Gasteiger charge is 2.15. The zero-order valence-electron chi connectivity index (χ0n) is 12.8. The molecule has 1 amide bonds. The van der Waals surface area contributed by atoms with Crippen LogP contribution in [0.15, 0.2) is 24.3 Å². The minimum absolute atomic E-state index is 0.123. The normalized spacial score (nSPS) is 12.0. The number of ether oxygens (including phenoxy) is 1. The van der Waals surface area contributed by atoms with Gasteiger partial charge in [-0.2, -0.15) is 0 Å². The predicted octanol–water partition coefficient (Wildman–Crippen LogP) is 3.15. The number of nitrogens with one attached hydrogen (secondary N) is 1. The van der Waals surface area contributed by atoms with E-state index in [0.717, 1.165) is 21.1 Å². The van der Waals surface area contributed by atoms with E-state index in [9.17, 15) is 4.79 Å². The first-order valence-corrected chi connectivity index (χ1v) is 7.71. The van der Waals surface area contributed by atoms with Gasteiger partial charge in [0.25, 0.3) is 5.91 Å². The highest BCUT2D eigenvalue weighted by molar-refractivity contribution is 7.11. The summed E-state index contributed by atoms with van der Waals surface area (Å²) in [6.45, 7) is 8.16. The fourth-order valence-corrected chi connectivity index (χ4v) is 2.87. The Hall–Kier alpha value is -1.88. The monoisotopic (exact) mass is 304 g/mol. The van der Waals surface area contributed by atoms with Crippen LogP contribution in [0.4, 0.5) is 0 Å². The van der Waals surface area contributed by atoms with E-state index in [-0.39, 0.29) is 5.91 Å². The molecule has 0 fully saturated rings. The highest BCUT2D eigenvalue weighted by atomic mass is 32.1. The minimum atomic E-state index is -0.527. The van der Waals surface area contributed by atoms with Crippen molar-refractivity contribution in [2.45, 2.75) is 40.3 Å². The third kappa shape index (κ3) is 4.29. The molecule has 0 saturated heterocycles. The Morgan fingerprint density at radius 2 is 2.14 bits per heavy atom. The smallest absolute Gasteiger partial charge is 0.261 e. The van der Waals surface area contributed by atoms with Crippen LogP contribution in [0.25, 0.3) is 0 Å². The molecule has 0 saturated carbocycles. The molecule has 1 heterocycles. The topological polar surface area (TPSA) is 51.2 Å². The van der Waals surface area contributed by atoms with Gasteiger partial charge in [0.15, 0.2) is 6.10 Å². The van der Waals surface area contributed by atoms with E-state index >= 15 is 0 Å². The van der Waals surface area contributed by atoms with Crippen LogP contribution >= 0.6 is 11.3 Å².